The van der Waals surface area contributed by atoms with Gasteiger partial charge < -0.3 is 69.0 Å². The van der Waals surface area contributed by atoms with Crippen molar-refractivity contribution in [2.45, 2.75) is 68.3 Å². The molecule has 8 N–H and O–H groups in total. The van der Waals surface area contributed by atoms with Crippen molar-refractivity contribution >= 4 is 11.0 Å². The number of rotatable bonds is 7. The summed E-state index contributed by atoms with van der Waals surface area (Å²) in [5, 5.41) is 82.4. The first-order valence-corrected chi connectivity index (χ1v) is 12.8. The molecule has 0 amide bonds. The molecule has 2 aliphatic heterocycles. The number of fused-ring (bicyclic) bond motifs is 1. The summed E-state index contributed by atoms with van der Waals surface area (Å²) in [6.45, 7) is 1.02. The number of aliphatic hydroxyl groups is 6. The first kappa shape index (κ1) is 29.3. The second-order valence-electron chi connectivity index (χ2n) is 10.00. The average Bonchev–Trinajstić information content (AvgIpc) is 3.39. The van der Waals surface area contributed by atoms with Crippen LogP contribution in [0.5, 0.6) is 23.0 Å². The highest BCUT2D eigenvalue weighted by Crippen LogP contribution is 2.39. The van der Waals surface area contributed by atoms with Crippen LogP contribution in [0.25, 0.3) is 22.3 Å². The number of methoxy groups -OCH3 is 1. The van der Waals surface area contributed by atoms with Gasteiger partial charge in [0, 0.05) is 17.7 Å². The van der Waals surface area contributed by atoms with E-state index in [1.54, 1.807) is 18.2 Å². The normalized spacial score (nSPS) is 34.0. The molecule has 2 aliphatic rings. The van der Waals surface area contributed by atoms with Gasteiger partial charge in [0.15, 0.2) is 17.8 Å². The van der Waals surface area contributed by atoms with Gasteiger partial charge in [0.25, 0.3) is 0 Å². The van der Waals surface area contributed by atoms with Crippen LogP contribution in [0.4, 0.5) is 0 Å². The molecule has 2 fully saturated rings. The molecule has 2 aromatic carbocycles. The summed E-state index contributed by atoms with van der Waals surface area (Å²) in [6, 6.07) is 8.88. The van der Waals surface area contributed by atoms with Gasteiger partial charge in [-0.3, -0.25) is 0 Å². The fourth-order valence-corrected chi connectivity index (χ4v) is 4.78. The highest BCUT2D eigenvalue weighted by atomic mass is 16.7. The third-order valence-corrected chi connectivity index (χ3v) is 7.21. The largest absolute Gasteiger partial charge is 0.507 e. The molecule has 5 rings (SSSR count). The van der Waals surface area contributed by atoms with Crippen LogP contribution in [-0.2, 0) is 14.2 Å². The summed E-state index contributed by atoms with van der Waals surface area (Å²) in [5.41, 5.74) is 0.713. The Hall–Kier alpha value is -3.18. The minimum Gasteiger partial charge on any atom is -0.507 e. The fraction of sp³-hybridized carbons (Fsp3) is 0.481. The number of ether oxygens (including phenoxy) is 5. The van der Waals surface area contributed by atoms with E-state index in [2.05, 4.69) is 0 Å². The molecular weight excluding hydrogens is 548 g/mol. The van der Waals surface area contributed by atoms with E-state index < -0.39 is 68.0 Å². The number of phenolic OH excluding ortho intramolecular Hbond substituents is 2. The summed E-state index contributed by atoms with van der Waals surface area (Å²) in [5.74, 6) is 0.273. The number of hydrogen-bond donors (Lipinski definition) is 8. The summed E-state index contributed by atoms with van der Waals surface area (Å²) < 4.78 is 33.1. The van der Waals surface area contributed by atoms with E-state index in [1.165, 1.54) is 32.2 Å². The molecule has 41 heavy (non-hydrogen) atoms. The van der Waals surface area contributed by atoms with E-state index in [1.807, 2.05) is 0 Å². The quantitative estimate of drug-likeness (QED) is 0.177. The van der Waals surface area contributed by atoms with E-state index in [0.29, 0.717) is 16.7 Å². The Labute approximate surface area is 233 Å². The molecule has 0 aliphatic carbocycles. The topological polar surface area (TPSA) is 221 Å². The molecule has 3 heterocycles. The Morgan fingerprint density at radius 3 is 2.17 bits per heavy atom. The molecule has 1 aromatic heterocycles. The van der Waals surface area contributed by atoms with Gasteiger partial charge in [0.2, 0.25) is 6.29 Å². The molecule has 224 valence electrons. The minimum absolute atomic E-state index is 0.00208. The Bertz CT molecular complexity index is 1360. The average molecular weight is 581 g/mol. The molecule has 14 nitrogen and oxygen atoms in total. The second kappa shape index (κ2) is 11.6. The van der Waals surface area contributed by atoms with Crippen molar-refractivity contribution in [3.8, 4) is 34.3 Å². The number of phenols is 2. The summed E-state index contributed by atoms with van der Waals surface area (Å²) >= 11 is 0. The van der Waals surface area contributed by atoms with E-state index in [0.717, 1.165) is 0 Å². The van der Waals surface area contributed by atoms with E-state index in [4.69, 9.17) is 28.1 Å². The van der Waals surface area contributed by atoms with Crippen LogP contribution in [0.2, 0.25) is 0 Å². The minimum atomic E-state index is -1.72. The second-order valence-corrected chi connectivity index (χ2v) is 10.00. The SMILES string of the molecule is COc1ccc(-c2cc3c(O)cc(O[C@@H]4O[C@H](CO[C@@H]5O[C@@H](C)[C@H](O)[C@@H](O)[C@H]5O)[C@@H](O)[C@H](O)[C@H]4O)cc3o2)cc1O. The molecule has 14 heteroatoms. The standard InChI is InChI=1S/C27H32O14/c1-10-20(30)22(32)24(34)26(38-10)37-9-19-21(31)23(33)25(35)27(41-19)39-12-6-14(28)13-8-17(40-18(13)7-12)11-3-4-16(36-2)15(29)5-11/h3-8,10,19-35H,9H2,1-2H3/t10-,19+,20-,21+,22+,23-,24+,25+,26+,27+/m0/s1. The highest BCUT2D eigenvalue weighted by molar-refractivity contribution is 5.89. The predicted octanol–water partition coefficient (Wildman–Crippen LogP) is -0.450. The molecule has 2 saturated heterocycles. The number of aliphatic hydroxyl groups excluding tert-OH is 6. The first-order chi connectivity index (χ1) is 19.5. The molecule has 0 radical (unpaired) electrons. The number of aromatic hydroxyl groups is 2. The summed E-state index contributed by atoms with van der Waals surface area (Å²) in [6.07, 6.45) is -14.6. The first-order valence-electron chi connectivity index (χ1n) is 12.8. The lowest BCUT2D eigenvalue weighted by atomic mass is 9.98. The van der Waals surface area contributed by atoms with Crippen molar-refractivity contribution in [2.75, 3.05) is 13.7 Å². The van der Waals surface area contributed by atoms with E-state index in [-0.39, 0.29) is 28.6 Å². The van der Waals surface area contributed by atoms with Crippen molar-refractivity contribution in [3.63, 3.8) is 0 Å². The Morgan fingerprint density at radius 2 is 1.46 bits per heavy atom. The van der Waals surface area contributed by atoms with Crippen molar-refractivity contribution < 1.29 is 69.0 Å². The summed E-state index contributed by atoms with van der Waals surface area (Å²) in [4.78, 5) is 0. The number of furan rings is 1. The third kappa shape index (κ3) is 5.66. The predicted molar refractivity (Wildman–Crippen MR) is 137 cm³/mol. The Kier molecular flexibility index (Phi) is 8.29. The molecule has 3 aromatic rings. The molecule has 0 bridgehead atoms. The molecular formula is C27H32O14. The number of benzene rings is 2. The van der Waals surface area contributed by atoms with Gasteiger partial charge in [-0.2, -0.15) is 0 Å². The lowest BCUT2D eigenvalue weighted by Crippen LogP contribution is -2.61. The van der Waals surface area contributed by atoms with Gasteiger partial charge in [-0.1, -0.05) is 0 Å². The van der Waals surface area contributed by atoms with E-state index >= 15 is 0 Å². The molecule has 10 atom stereocenters. The summed E-state index contributed by atoms with van der Waals surface area (Å²) in [7, 11) is 1.42. The maximum absolute atomic E-state index is 10.6. The van der Waals surface area contributed by atoms with Crippen molar-refractivity contribution in [3.05, 3.63) is 36.4 Å². The zero-order chi connectivity index (χ0) is 29.6. The highest BCUT2D eigenvalue weighted by Gasteiger charge is 2.47. The third-order valence-electron chi connectivity index (χ3n) is 7.21. The van der Waals surface area contributed by atoms with Crippen molar-refractivity contribution in [1.29, 1.82) is 0 Å². The lowest BCUT2D eigenvalue weighted by molar-refractivity contribution is -0.318. The fourth-order valence-electron chi connectivity index (χ4n) is 4.78. The van der Waals surface area contributed by atoms with E-state index in [9.17, 15) is 40.9 Å². The molecule has 0 unspecified atom stereocenters. The monoisotopic (exact) mass is 580 g/mol. The zero-order valence-electron chi connectivity index (χ0n) is 22.0. The number of hydrogen-bond acceptors (Lipinski definition) is 14. The van der Waals surface area contributed by atoms with Crippen LogP contribution in [-0.4, -0.2) is 116 Å². The van der Waals surface area contributed by atoms with Gasteiger partial charge in [-0.05, 0) is 31.2 Å². The maximum atomic E-state index is 10.6. The Balaban J connectivity index is 1.31. The van der Waals surface area contributed by atoms with Crippen LogP contribution < -0.4 is 9.47 Å². The van der Waals surface area contributed by atoms with Crippen molar-refractivity contribution in [2.24, 2.45) is 0 Å². The van der Waals surface area contributed by atoms with Gasteiger partial charge in [0.05, 0.1) is 25.2 Å². The molecule has 0 saturated carbocycles. The maximum Gasteiger partial charge on any atom is 0.229 e. The van der Waals surface area contributed by atoms with Crippen LogP contribution >= 0.6 is 0 Å². The van der Waals surface area contributed by atoms with Crippen LogP contribution in [0.3, 0.4) is 0 Å². The van der Waals surface area contributed by atoms with Crippen LogP contribution in [0.1, 0.15) is 6.92 Å². The zero-order valence-corrected chi connectivity index (χ0v) is 22.0. The van der Waals surface area contributed by atoms with Crippen LogP contribution in [0, 0.1) is 0 Å². The smallest absolute Gasteiger partial charge is 0.229 e. The van der Waals surface area contributed by atoms with Gasteiger partial charge >= 0.3 is 0 Å². The molecule has 0 spiro atoms. The lowest BCUT2D eigenvalue weighted by Gasteiger charge is -2.42. The van der Waals surface area contributed by atoms with Gasteiger partial charge in [-0.15, -0.1) is 0 Å². The van der Waals surface area contributed by atoms with Crippen molar-refractivity contribution in [1.82, 2.24) is 0 Å². The van der Waals surface area contributed by atoms with Gasteiger partial charge in [-0.25, -0.2) is 0 Å². The Morgan fingerprint density at radius 1 is 0.756 bits per heavy atom. The van der Waals surface area contributed by atoms with Crippen LogP contribution in [0.15, 0.2) is 40.8 Å². The van der Waals surface area contributed by atoms with Gasteiger partial charge in [0.1, 0.15) is 65.6 Å².